The quantitative estimate of drug-likeness (QED) is 0.898. The fourth-order valence-electron chi connectivity index (χ4n) is 1.90. The van der Waals surface area contributed by atoms with Crippen LogP contribution in [0, 0.1) is 6.92 Å². The number of carbonyl (C=O) groups is 1. The van der Waals surface area contributed by atoms with E-state index in [1.54, 1.807) is 13.2 Å². The molecule has 0 fully saturated rings. The second-order valence-electron chi connectivity index (χ2n) is 4.15. The first-order valence-electron chi connectivity index (χ1n) is 5.66. The zero-order valence-corrected chi connectivity index (χ0v) is 10.4. The first-order chi connectivity index (χ1) is 8.61. The SMILES string of the molecule is COc1cccc(-c2cc(C)ccc2C(N)=O)c1. The molecule has 3 heteroatoms. The van der Waals surface area contributed by atoms with E-state index in [0.29, 0.717) is 5.56 Å². The minimum Gasteiger partial charge on any atom is -0.497 e. The molecule has 0 spiro atoms. The van der Waals surface area contributed by atoms with Crippen molar-refractivity contribution in [1.82, 2.24) is 0 Å². The van der Waals surface area contributed by atoms with Crippen molar-refractivity contribution in [1.29, 1.82) is 0 Å². The van der Waals surface area contributed by atoms with Crippen molar-refractivity contribution in [2.75, 3.05) is 7.11 Å². The van der Waals surface area contributed by atoms with Crippen LogP contribution < -0.4 is 10.5 Å². The van der Waals surface area contributed by atoms with Crippen LogP contribution in [0.5, 0.6) is 5.75 Å². The highest BCUT2D eigenvalue weighted by Crippen LogP contribution is 2.27. The van der Waals surface area contributed by atoms with Gasteiger partial charge in [0.15, 0.2) is 0 Å². The summed E-state index contributed by atoms with van der Waals surface area (Å²) in [4.78, 5) is 11.5. The lowest BCUT2D eigenvalue weighted by Crippen LogP contribution is -2.12. The smallest absolute Gasteiger partial charge is 0.249 e. The maximum absolute atomic E-state index is 11.5. The van der Waals surface area contributed by atoms with E-state index in [1.165, 1.54) is 0 Å². The largest absolute Gasteiger partial charge is 0.497 e. The van der Waals surface area contributed by atoms with Crippen LogP contribution in [-0.4, -0.2) is 13.0 Å². The van der Waals surface area contributed by atoms with Gasteiger partial charge in [-0.15, -0.1) is 0 Å². The molecule has 0 radical (unpaired) electrons. The van der Waals surface area contributed by atoms with Crippen LogP contribution in [0.3, 0.4) is 0 Å². The zero-order valence-electron chi connectivity index (χ0n) is 10.4. The molecular formula is C15H15NO2. The molecule has 2 aromatic rings. The number of hydrogen-bond donors (Lipinski definition) is 1. The third-order valence-corrected chi connectivity index (χ3v) is 2.82. The van der Waals surface area contributed by atoms with Crippen LogP contribution in [0.25, 0.3) is 11.1 Å². The summed E-state index contributed by atoms with van der Waals surface area (Å²) < 4.78 is 5.19. The normalized spacial score (nSPS) is 10.1. The van der Waals surface area contributed by atoms with Crippen molar-refractivity contribution in [2.45, 2.75) is 6.92 Å². The molecule has 0 aromatic heterocycles. The number of methoxy groups -OCH3 is 1. The standard InChI is InChI=1S/C15H15NO2/c1-10-6-7-13(15(16)17)14(8-10)11-4-3-5-12(9-11)18-2/h3-9H,1-2H3,(H2,16,17). The molecule has 2 aromatic carbocycles. The second kappa shape index (κ2) is 4.92. The Kier molecular flexibility index (Phi) is 3.33. The zero-order chi connectivity index (χ0) is 13.1. The number of hydrogen-bond acceptors (Lipinski definition) is 2. The Morgan fingerprint density at radius 1 is 1.17 bits per heavy atom. The average Bonchev–Trinajstić information content (AvgIpc) is 2.38. The summed E-state index contributed by atoms with van der Waals surface area (Å²) in [5, 5.41) is 0. The van der Waals surface area contributed by atoms with Gasteiger partial charge in [-0.1, -0.05) is 29.8 Å². The molecule has 0 saturated heterocycles. The van der Waals surface area contributed by atoms with E-state index in [-0.39, 0.29) is 0 Å². The summed E-state index contributed by atoms with van der Waals surface area (Å²) in [6.07, 6.45) is 0. The van der Waals surface area contributed by atoms with E-state index in [1.807, 2.05) is 43.3 Å². The van der Waals surface area contributed by atoms with E-state index in [9.17, 15) is 4.79 Å². The Labute approximate surface area is 106 Å². The minimum absolute atomic E-state index is 0.423. The summed E-state index contributed by atoms with van der Waals surface area (Å²) in [5.41, 5.74) is 8.76. The predicted molar refractivity (Wildman–Crippen MR) is 71.7 cm³/mol. The molecule has 1 amide bonds. The molecule has 0 bridgehead atoms. The van der Waals surface area contributed by atoms with Gasteiger partial charge < -0.3 is 10.5 Å². The summed E-state index contributed by atoms with van der Waals surface area (Å²) in [7, 11) is 1.62. The van der Waals surface area contributed by atoms with E-state index in [2.05, 4.69) is 0 Å². The summed E-state index contributed by atoms with van der Waals surface area (Å²) >= 11 is 0. The Bertz CT molecular complexity index is 591. The number of carbonyl (C=O) groups excluding carboxylic acids is 1. The molecule has 3 nitrogen and oxygen atoms in total. The van der Waals surface area contributed by atoms with Gasteiger partial charge in [0.05, 0.1) is 7.11 Å². The molecular weight excluding hydrogens is 226 g/mol. The van der Waals surface area contributed by atoms with Crippen LogP contribution in [0.15, 0.2) is 42.5 Å². The molecule has 0 saturated carbocycles. The van der Waals surface area contributed by atoms with Gasteiger partial charge >= 0.3 is 0 Å². The van der Waals surface area contributed by atoms with Gasteiger partial charge in [0, 0.05) is 5.56 Å². The average molecular weight is 241 g/mol. The second-order valence-corrected chi connectivity index (χ2v) is 4.15. The number of amides is 1. The van der Waals surface area contributed by atoms with Crippen molar-refractivity contribution in [3.63, 3.8) is 0 Å². The van der Waals surface area contributed by atoms with E-state index in [0.717, 1.165) is 22.4 Å². The number of rotatable bonds is 3. The lowest BCUT2D eigenvalue weighted by atomic mass is 9.97. The summed E-state index contributed by atoms with van der Waals surface area (Å²) in [5.74, 6) is 0.331. The molecule has 0 aliphatic rings. The fraction of sp³-hybridized carbons (Fsp3) is 0.133. The minimum atomic E-state index is -0.423. The highest BCUT2D eigenvalue weighted by atomic mass is 16.5. The maximum Gasteiger partial charge on any atom is 0.249 e. The van der Waals surface area contributed by atoms with Crippen LogP contribution in [-0.2, 0) is 0 Å². The van der Waals surface area contributed by atoms with Gasteiger partial charge in [-0.05, 0) is 36.2 Å². The molecule has 2 rings (SSSR count). The third-order valence-electron chi connectivity index (χ3n) is 2.82. The molecule has 92 valence electrons. The first-order valence-corrected chi connectivity index (χ1v) is 5.66. The molecule has 0 heterocycles. The molecule has 0 atom stereocenters. The lowest BCUT2D eigenvalue weighted by molar-refractivity contribution is 0.100. The number of nitrogens with two attached hydrogens (primary N) is 1. The van der Waals surface area contributed by atoms with Gasteiger partial charge in [0.1, 0.15) is 5.75 Å². The van der Waals surface area contributed by atoms with Crippen molar-refractivity contribution < 1.29 is 9.53 Å². The van der Waals surface area contributed by atoms with Crippen LogP contribution >= 0.6 is 0 Å². The van der Waals surface area contributed by atoms with Crippen LogP contribution in [0.4, 0.5) is 0 Å². The Morgan fingerprint density at radius 3 is 2.61 bits per heavy atom. The molecule has 0 aliphatic heterocycles. The van der Waals surface area contributed by atoms with Crippen LogP contribution in [0.2, 0.25) is 0 Å². The maximum atomic E-state index is 11.5. The Balaban J connectivity index is 2.61. The summed E-state index contributed by atoms with van der Waals surface area (Å²) in [6.45, 7) is 1.98. The lowest BCUT2D eigenvalue weighted by Gasteiger charge is -2.09. The highest BCUT2D eigenvalue weighted by Gasteiger charge is 2.10. The van der Waals surface area contributed by atoms with Crippen molar-refractivity contribution in [3.05, 3.63) is 53.6 Å². The van der Waals surface area contributed by atoms with Gasteiger partial charge in [-0.2, -0.15) is 0 Å². The van der Waals surface area contributed by atoms with Gasteiger partial charge in [-0.25, -0.2) is 0 Å². The molecule has 0 unspecified atom stereocenters. The number of benzene rings is 2. The molecule has 2 N–H and O–H groups in total. The van der Waals surface area contributed by atoms with Crippen molar-refractivity contribution in [3.8, 4) is 16.9 Å². The molecule has 0 aliphatic carbocycles. The van der Waals surface area contributed by atoms with Gasteiger partial charge in [0.2, 0.25) is 5.91 Å². The first kappa shape index (κ1) is 12.2. The predicted octanol–water partition coefficient (Wildman–Crippen LogP) is 2.77. The molecule has 18 heavy (non-hydrogen) atoms. The number of aryl methyl sites for hydroxylation is 1. The fourth-order valence-corrected chi connectivity index (χ4v) is 1.90. The van der Waals surface area contributed by atoms with Gasteiger partial charge in [0.25, 0.3) is 0 Å². The number of primary amides is 1. The van der Waals surface area contributed by atoms with Crippen LogP contribution in [0.1, 0.15) is 15.9 Å². The van der Waals surface area contributed by atoms with E-state index < -0.39 is 5.91 Å². The monoisotopic (exact) mass is 241 g/mol. The Morgan fingerprint density at radius 2 is 1.94 bits per heavy atom. The van der Waals surface area contributed by atoms with E-state index in [4.69, 9.17) is 10.5 Å². The van der Waals surface area contributed by atoms with Crippen molar-refractivity contribution in [2.24, 2.45) is 5.73 Å². The topological polar surface area (TPSA) is 52.3 Å². The third kappa shape index (κ3) is 2.35. The van der Waals surface area contributed by atoms with Crippen molar-refractivity contribution >= 4 is 5.91 Å². The highest BCUT2D eigenvalue weighted by molar-refractivity contribution is 6.00. The van der Waals surface area contributed by atoms with Gasteiger partial charge in [-0.3, -0.25) is 4.79 Å². The number of ether oxygens (including phenoxy) is 1. The Hall–Kier alpha value is -2.29. The summed E-state index contributed by atoms with van der Waals surface area (Å²) in [6, 6.07) is 13.2. The van der Waals surface area contributed by atoms with E-state index >= 15 is 0 Å².